The first-order valence-electron chi connectivity index (χ1n) is 6.29. The summed E-state index contributed by atoms with van der Waals surface area (Å²) >= 11 is 0. The average molecular weight is 257 g/mol. The molecule has 1 aliphatic carbocycles. The molecule has 4 heteroatoms. The highest BCUT2D eigenvalue weighted by Crippen LogP contribution is 2.38. The minimum absolute atomic E-state index is 0.0363. The summed E-state index contributed by atoms with van der Waals surface area (Å²) in [5.74, 6) is 1.17. The van der Waals surface area contributed by atoms with Crippen LogP contribution in [0.3, 0.4) is 0 Å². The SMILES string of the molecule is CC(C(N)Cc1ccc(C(F)(F)F)cc1)C1CC1. The number of benzene rings is 1. The minimum Gasteiger partial charge on any atom is -0.327 e. The molecule has 1 saturated carbocycles. The Morgan fingerprint density at radius 3 is 2.22 bits per heavy atom. The van der Waals surface area contributed by atoms with Gasteiger partial charge in [-0.2, -0.15) is 13.2 Å². The molecule has 1 fully saturated rings. The minimum atomic E-state index is -4.26. The summed E-state index contributed by atoms with van der Waals surface area (Å²) in [5.41, 5.74) is 6.37. The molecular formula is C14H18F3N. The van der Waals surface area contributed by atoms with Crippen molar-refractivity contribution < 1.29 is 13.2 Å². The first kappa shape index (κ1) is 13.4. The van der Waals surface area contributed by atoms with Gasteiger partial charge in [0.25, 0.3) is 0 Å². The van der Waals surface area contributed by atoms with E-state index in [0.29, 0.717) is 12.3 Å². The van der Waals surface area contributed by atoms with Gasteiger partial charge in [-0.15, -0.1) is 0 Å². The first-order valence-corrected chi connectivity index (χ1v) is 6.29. The van der Waals surface area contributed by atoms with E-state index in [2.05, 4.69) is 6.92 Å². The summed E-state index contributed by atoms with van der Waals surface area (Å²) in [4.78, 5) is 0. The summed E-state index contributed by atoms with van der Waals surface area (Å²) in [6, 6.07) is 5.35. The number of nitrogens with two attached hydrogens (primary N) is 1. The van der Waals surface area contributed by atoms with Crippen molar-refractivity contribution in [3.8, 4) is 0 Å². The lowest BCUT2D eigenvalue weighted by Crippen LogP contribution is -2.31. The van der Waals surface area contributed by atoms with Gasteiger partial charge in [0, 0.05) is 6.04 Å². The molecule has 100 valence electrons. The number of alkyl halides is 3. The van der Waals surface area contributed by atoms with Crippen LogP contribution in [0, 0.1) is 11.8 Å². The lowest BCUT2D eigenvalue weighted by molar-refractivity contribution is -0.137. The second-order valence-electron chi connectivity index (χ2n) is 5.26. The molecule has 1 aromatic rings. The van der Waals surface area contributed by atoms with Crippen LogP contribution in [-0.2, 0) is 12.6 Å². The van der Waals surface area contributed by atoms with Gasteiger partial charge in [0.15, 0.2) is 0 Å². The maximum atomic E-state index is 12.4. The molecule has 0 aromatic heterocycles. The Hall–Kier alpha value is -1.03. The van der Waals surface area contributed by atoms with Crippen LogP contribution in [0.2, 0.25) is 0 Å². The quantitative estimate of drug-likeness (QED) is 0.876. The molecular weight excluding hydrogens is 239 g/mol. The topological polar surface area (TPSA) is 26.0 Å². The van der Waals surface area contributed by atoms with Crippen LogP contribution in [0.5, 0.6) is 0 Å². The predicted molar refractivity (Wildman–Crippen MR) is 65.0 cm³/mol. The highest BCUT2D eigenvalue weighted by atomic mass is 19.4. The molecule has 0 radical (unpaired) electrons. The third-order valence-corrected chi connectivity index (χ3v) is 3.79. The number of halogens is 3. The summed E-state index contributed by atoms with van der Waals surface area (Å²) in [5, 5.41) is 0. The number of rotatable bonds is 4. The fourth-order valence-corrected chi connectivity index (χ4v) is 2.26. The highest BCUT2D eigenvalue weighted by Gasteiger charge is 2.32. The lowest BCUT2D eigenvalue weighted by atomic mass is 9.92. The van der Waals surface area contributed by atoms with Crippen molar-refractivity contribution in [1.82, 2.24) is 0 Å². The smallest absolute Gasteiger partial charge is 0.327 e. The largest absolute Gasteiger partial charge is 0.416 e. The second-order valence-corrected chi connectivity index (χ2v) is 5.26. The summed E-state index contributed by atoms with van der Waals surface area (Å²) in [6.07, 6.45) is -1.14. The van der Waals surface area contributed by atoms with Crippen LogP contribution in [-0.4, -0.2) is 6.04 Å². The molecule has 2 N–H and O–H groups in total. The third-order valence-electron chi connectivity index (χ3n) is 3.79. The van der Waals surface area contributed by atoms with E-state index in [-0.39, 0.29) is 6.04 Å². The van der Waals surface area contributed by atoms with E-state index in [0.717, 1.165) is 23.6 Å². The molecule has 0 spiro atoms. The van der Waals surface area contributed by atoms with Crippen LogP contribution >= 0.6 is 0 Å². The molecule has 18 heavy (non-hydrogen) atoms. The standard InChI is InChI=1S/C14H18F3N/c1-9(11-4-5-11)13(18)8-10-2-6-12(7-3-10)14(15,16)17/h2-3,6-7,9,11,13H,4-5,8,18H2,1H3. The van der Waals surface area contributed by atoms with Gasteiger partial charge in [0.2, 0.25) is 0 Å². The Balaban J connectivity index is 1.97. The molecule has 0 aliphatic heterocycles. The van der Waals surface area contributed by atoms with Crippen molar-refractivity contribution in [2.45, 2.75) is 38.4 Å². The van der Waals surface area contributed by atoms with E-state index >= 15 is 0 Å². The molecule has 1 nitrogen and oxygen atoms in total. The summed E-state index contributed by atoms with van der Waals surface area (Å²) in [7, 11) is 0. The second kappa shape index (κ2) is 4.92. The van der Waals surface area contributed by atoms with Crippen molar-refractivity contribution in [3.05, 3.63) is 35.4 Å². The van der Waals surface area contributed by atoms with Crippen molar-refractivity contribution in [2.75, 3.05) is 0 Å². The van der Waals surface area contributed by atoms with E-state index in [1.54, 1.807) is 0 Å². The van der Waals surface area contributed by atoms with Gasteiger partial charge in [-0.05, 0) is 48.8 Å². The third kappa shape index (κ3) is 3.25. The van der Waals surface area contributed by atoms with Gasteiger partial charge < -0.3 is 5.73 Å². The zero-order valence-electron chi connectivity index (χ0n) is 10.4. The normalized spacial score (nSPS) is 19.6. The Morgan fingerprint density at radius 2 is 1.78 bits per heavy atom. The molecule has 0 saturated heterocycles. The Labute approximate surface area is 105 Å². The Morgan fingerprint density at radius 1 is 1.22 bits per heavy atom. The van der Waals surface area contributed by atoms with Gasteiger partial charge in [-0.3, -0.25) is 0 Å². The fraction of sp³-hybridized carbons (Fsp3) is 0.571. The van der Waals surface area contributed by atoms with Crippen molar-refractivity contribution in [1.29, 1.82) is 0 Å². The monoisotopic (exact) mass is 257 g/mol. The maximum absolute atomic E-state index is 12.4. The van der Waals surface area contributed by atoms with Crippen molar-refractivity contribution in [2.24, 2.45) is 17.6 Å². The van der Waals surface area contributed by atoms with Crippen molar-refractivity contribution in [3.63, 3.8) is 0 Å². The lowest BCUT2D eigenvalue weighted by Gasteiger charge is -2.19. The molecule has 2 atom stereocenters. The fourth-order valence-electron chi connectivity index (χ4n) is 2.26. The van der Waals surface area contributed by atoms with Gasteiger partial charge in [-0.1, -0.05) is 19.1 Å². The zero-order valence-corrected chi connectivity index (χ0v) is 10.4. The zero-order chi connectivity index (χ0) is 13.3. The van der Waals surface area contributed by atoms with E-state index < -0.39 is 11.7 Å². The molecule has 1 aromatic carbocycles. The van der Waals surface area contributed by atoms with Gasteiger partial charge >= 0.3 is 6.18 Å². The molecule has 2 rings (SSSR count). The van der Waals surface area contributed by atoms with Crippen LogP contribution in [0.15, 0.2) is 24.3 Å². The Kier molecular flexibility index (Phi) is 3.66. The Bertz CT molecular complexity index is 392. The van der Waals surface area contributed by atoms with E-state index in [9.17, 15) is 13.2 Å². The summed E-state index contributed by atoms with van der Waals surface area (Å²) in [6.45, 7) is 2.13. The molecule has 0 heterocycles. The van der Waals surface area contributed by atoms with Gasteiger partial charge in [0.1, 0.15) is 0 Å². The molecule has 2 unspecified atom stereocenters. The first-order chi connectivity index (χ1) is 8.38. The number of hydrogen-bond donors (Lipinski definition) is 1. The van der Waals surface area contributed by atoms with Crippen molar-refractivity contribution >= 4 is 0 Å². The highest BCUT2D eigenvalue weighted by molar-refractivity contribution is 5.25. The van der Waals surface area contributed by atoms with E-state index in [4.69, 9.17) is 5.73 Å². The van der Waals surface area contributed by atoms with Gasteiger partial charge in [0.05, 0.1) is 5.56 Å². The molecule has 0 bridgehead atoms. The summed E-state index contributed by atoms with van der Waals surface area (Å²) < 4.78 is 37.2. The molecule has 0 amide bonds. The van der Waals surface area contributed by atoms with Crippen LogP contribution in [0.1, 0.15) is 30.9 Å². The maximum Gasteiger partial charge on any atom is 0.416 e. The van der Waals surface area contributed by atoms with E-state index in [1.807, 2.05) is 0 Å². The molecule has 1 aliphatic rings. The van der Waals surface area contributed by atoms with Crippen LogP contribution < -0.4 is 5.73 Å². The average Bonchev–Trinajstić information content (AvgIpc) is 3.11. The number of hydrogen-bond acceptors (Lipinski definition) is 1. The van der Waals surface area contributed by atoms with Crippen LogP contribution in [0.4, 0.5) is 13.2 Å². The predicted octanol–water partition coefficient (Wildman–Crippen LogP) is 3.62. The van der Waals surface area contributed by atoms with Gasteiger partial charge in [-0.25, -0.2) is 0 Å². The van der Waals surface area contributed by atoms with E-state index in [1.165, 1.54) is 25.0 Å². The van der Waals surface area contributed by atoms with Crippen LogP contribution in [0.25, 0.3) is 0 Å².